The van der Waals surface area contributed by atoms with Gasteiger partial charge in [0.1, 0.15) is 10.8 Å². The van der Waals surface area contributed by atoms with Gasteiger partial charge in [0.2, 0.25) is 0 Å². The van der Waals surface area contributed by atoms with Gasteiger partial charge in [0.25, 0.3) is 0 Å². The van der Waals surface area contributed by atoms with Gasteiger partial charge in [-0.1, -0.05) is 26.1 Å². The molecule has 2 heterocycles. The molecule has 2 rings (SSSR count). The van der Waals surface area contributed by atoms with E-state index in [0.717, 1.165) is 37.6 Å². The zero-order valence-electron chi connectivity index (χ0n) is 11.7. The minimum absolute atomic E-state index is 0.404. The standard InChI is InChI=1S/C14H22N4S/c1-3-17(4-2)12-7-8-18(10-12)13-6-5-11(9-16-13)14(15)19/h5-6,9,12H,3-4,7-8,10H2,1-2H3,(H2,15,19). The first-order valence-electron chi connectivity index (χ1n) is 6.90. The fourth-order valence-corrected chi connectivity index (χ4v) is 2.83. The SMILES string of the molecule is CCN(CC)C1CCN(c2ccc(C(N)=S)cn2)C1. The zero-order chi connectivity index (χ0) is 13.8. The van der Waals surface area contributed by atoms with Gasteiger partial charge in [-0.15, -0.1) is 0 Å². The van der Waals surface area contributed by atoms with Gasteiger partial charge >= 0.3 is 0 Å². The Labute approximate surface area is 120 Å². The summed E-state index contributed by atoms with van der Waals surface area (Å²) >= 11 is 4.94. The summed E-state index contributed by atoms with van der Waals surface area (Å²) in [4.78, 5) is 9.73. The molecular weight excluding hydrogens is 256 g/mol. The van der Waals surface area contributed by atoms with Crippen molar-refractivity contribution < 1.29 is 0 Å². The highest BCUT2D eigenvalue weighted by molar-refractivity contribution is 7.80. The third-order valence-corrected chi connectivity index (χ3v) is 4.08. The van der Waals surface area contributed by atoms with Gasteiger partial charge in [0.15, 0.2) is 0 Å². The van der Waals surface area contributed by atoms with Crippen LogP contribution in [0.2, 0.25) is 0 Å². The molecule has 5 heteroatoms. The number of hydrogen-bond donors (Lipinski definition) is 1. The quantitative estimate of drug-likeness (QED) is 0.830. The molecule has 0 aliphatic carbocycles. The molecule has 0 aromatic carbocycles. The molecule has 2 N–H and O–H groups in total. The molecule has 1 unspecified atom stereocenters. The van der Waals surface area contributed by atoms with Crippen LogP contribution in [0, 0.1) is 0 Å². The Morgan fingerprint density at radius 3 is 2.74 bits per heavy atom. The summed E-state index contributed by atoms with van der Waals surface area (Å²) < 4.78 is 0. The first-order valence-corrected chi connectivity index (χ1v) is 7.31. The van der Waals surface area contributed by atoms with Crippen LogP contribution in [0.15, 0.2) is 18.3 Å². The van der Waals surface area contributed by atoms with Crippen LogP contribution in [-0.2, 0) is 0 Å². The average molecular weight is 278 g/mol. The summed E-state index contributed by atoms with van der Waals surface area (Å²) in [5.74, 6) is 1.02. The van der Waals surface area contributed by atoms with Gasteiger partial charge in [-0.2, -0.15) is 0 Å². The highest BCUT2D eigenvalue weighted by atomic mass is 32.1. The van der Waals surface area contributed by atoms with Crippen LogP contribution in [-0.4, -0.2) is 47.1 Å². The van der Waals surface area contributed by atoms with Crippen LogP contribution >= 0.6 is 12.2 Å². The van der Waals surface area contributed by atoms with Crippen molar-refractivity contribution in [3.05, 3.63) is 23.9 Å². The second kappa shape index (κ2) is 6.30. The summed E-state index contributed by atoms with van der Waals surface area (Å²) in [6.07, 6.45) is 2.98. The molecule has 1 aromatic rings. The Hall–Kier alpha value is -1.20. The highest BCUT2D eigenvalue weighted by Crippen LogP contribution is 2.21. The van der Waals surface area contributed by atoms with Crippen molar-refractivity contribution in [3.8, 4) is 0 Å². The summed E-state index contributed by atoms with van der Waals surface area (Å²) in [5.41, 5.74) is 6.42. The molecule has 1 aliphatic heterocycles. The predicted molar refractivity (Wildman–Crippen MR) is 83.7 cm³/mol. The molecule has 0 bridgehead atoms. The molecule has 1 atom stereocenters. The first-order chi connectivity index (χ1) is 9.15. The molecule has 1 aliphatic rings. The Morgan fingerprint density at radius 2 is 2.21 bits per heavy atom. The molecule has 0 radical (unpaired) electrons. The Morgan fingerprint density at radius 1 is 1.47 bits per heavy atom. The van der Waals surface area contributed by atoms with Crippen molar-refractivity contribution in [2.75, 3.05) is 31.1 Å². The number of pyridine rings is 1. The lowest BCUT2D eigenvalue weighted by molar-refractivity contribution is 0.232. The van der Waals surface area contributed by atoms with Gasteiger partial charge in [-0.25, -0.2) is 4.98 Å². The van der Waals surface area contributed by atoms with E-state index in [0.29, 0.717) is 11.0 Å². The van der Waals surface area contributed by atoms with Crippen molar-refractivity contribution in [1.29, 1.82) is 0 Å². The second-order valence-electron chi connectivity index (χ2n) is 4.88. The van der Waals surface area contributed by atoms with E-state index in [1.807, 2.05) is 12.1 Å². The van der Waals surface area contributed by atoms with E-state index in [1.54, 1.807) is 6.20 Å². The summed E-state index contributed by atoms with van der Waals surface area (Å²) in [6, 6.07) is 4.61. The second-order valence-corrected chi connectivity index (χ2v) is 5.32. The lowest BCUT2D eigenvalue weighted by atomic mass is 10.2. The van der Waals surface area contributed by atoms with E-state index in [9.17, 15) is 0 Å². The molecule has 0 saturated carbocycles. The molecule has 0 amide bonds. The summed E-state index contributed by atoms with van der Waals surface area (Å²) in [7, 11) is 0. The highest BCUT2D eigenvalue weighted by Gasteiger charge is 2.26. The number of hydrogen-bond acceptors (Lipinski definition) is 4. The number of rotatable bonds is 5. The van der Waals surface area contributed by atoms with Crippen LogP contribution < -0.4 is 10.6 Å². The summed E-state index contributed by atoms with van der Waals surface area (Å²) in [5, 5.41) is 0. The van der Waals surface area contributed by atoms with Gasteiger partial charge in [-0.3, -0.25) is 4.90 Å². The first kappa shape index (κ1) is 14.2. The molecule has 1 fully saturated rings. The maximum atomic E-state index is 5.59. The number of nitrogens with two attached hydrogens (primary N) is 1. The van der Waals surface area contributed by atoms with Crippen molar-refractivity contribution in [2.24, 2.45) is 5.73 Å². The maximum absolute atomic E-state index is 5.59. The molecular formula is C14H22N4S. The van der Waals surface area contributed by atoms with Gasteiger partial charge in [-0.05, 0) is 31.6 Å². The van der Waals surface area contributed by atoms with Crippen LogP contribution in [0.4, 0.5) is 5.82 Å². The molecule has 104 valence electrons. The molecule has 0 spiro atoms. The minimum atomic E-state index is 0.404. The molecule has 1 aromatic heterocycles. The monoisotopic (exact) mass is 278 g/mol. The number of thiocarbonyl (C=S) groups is 1. The molecule has 4 nitrogen and oxygen atoms in total. The Balaban J connectivity index is 2.02. The van der Waals surface area contributed by atoms with E-state index in [2.05, 4.69) is 28.6 Å². The largest absolute Gasteiger partial charge is 0.389 e. The van der Waals surface area contributed by atoms with E-state index in [4.69, 9.17) is 18.0 Å². The fraction of sp³-hybridized carbons (Fsp3) is 0.571. The molecule has 1 saturated heterocycles. The maximum Gasteiger partial charge on any atom is 0.128 e. The number of likely N-dealkylation sites (N-methyl/N-ethyl adjacent to an activating group) is 1. The van der Waals surface area contributed by atoms with Crippen molar-refractivity contribution in [1.82, 2.24) is 9.88 Å². The van der Waals surface area contributed by atoms with Crippen LogP contribution in [0.1, 0.15) is 25.8 Å². The zero-order valence-corrected chi connectivity index (χ0v) is 12.5. The lowest BCUT2D eigenvalue weighted by Gasteiger charge is -2.26. The van der Waals surface area contributed by atoms with E-state index in [-0.39, 0.29) is 0 Å². The van der Waals surface area contributed by atoms with Crippen molar-refractivity contribution >= 4 is 23.0 Å². The predicted octanol–water partition coefficient (Wildman–Crippen LogP) is 1.64. The molecule has 19 heavy (non-hydrogen) atoms. The summed E-state index contributed by atoms with van der Waals surface area (Å²) in [6.45, 7) is 8.80. The Bertz CT molecular complexity index is 428. The number of nitrogens with zero attached hydrogens (tertiary/aromatic N) is 3. The van der Waals surface area contributed by atoms with E-state index >= 15 is 0 Å². The third kappa shape index (κ3) is 3.22. The fourth-order valence-electron chi connectivity index (χ4n) is 2.71. The normalized spacial score (nSPS) is 19.1. The smallest absolute Gasteiger partial charge is 0.128 e. The van der Waals surface area contributed by atoms with Crippen LogP contribution in [0.25, 0.3) is 0 Å². The third-order valence-electron chi connectivity index (χ3n) is 3.85. The Kier molecular flexibility index (Phi) is 4.71. The lowest BCUT2D eigenvalue weighted by Crippen LogP contribution is -2.37. The topological polar surface area (TPSA) is 45.4 Å². The van der Waals surface area contributed by atoms with Gasteiger partial charge in [0.05, 0.1) is 0 Å². The minimum Gasteiger partial charge on any atom is -0.389 e. The van der Waals surface area contributed by atoms with Crippen LogP contribution in [0.5, 0.6) is 0 Å². The van der Waals surface area contributed by atoms with Gasteiger partial charge in [0, 0.05) is 30.9 Å². The number of aromatic nitrogens is 1. The van der Waals surface area contributed by atoms with E-state index in [1.165, 1.54) is 6.42 Å². The van der Waals surface area contributed by atoms with Crippen molar-refractivity contribution in [3.63, 3.8) is 0 Å². The average Bonchev–Trinajstić information content (AvgIpc) is 2.90. The van der Waals surface area contributed by atoms with Crippen LogP contribution in [0.3, 0.4) is 0 Å². The van der Waals surface area contributed by atoms with Crippen molar-refractivity contribution in [2.45, 2.75) is 26.3 Å². The number of anilines is 1. The van der Waals surface area contributed by atoms with Gasteiger partial charge < -0.3 is 10.6 Å². The van der Waals surface area contributed by atoms with E-state index < -0.39 is 0 Å².